The van der Waals surface area contributed by atoms with E-state index in [1.54, 1.807) is 23.0 Å². The third-order valence-electron chi connectivity index (χ3n) is 4.45. The first-order valence-corrected chi connectivity index (χ1v) is 8.12. The van der Waals surface area contributed by atoms with Crippen LogP contribution in [0.15, 0.2) is 48.8 Å². The first kappa shape index (κ1) is 14.8. The van der Waals surface area contributed by atoms with Crippen LogP contribution in [0.2, 0.25) is 0 Å². The summed E-state index contributed by atoms with van der Waals surface area (Å²) in [4.78, 5) is 14.9. The van der Waals surface area contributed by atoms with Crippen molar-refractivity contribution in [2.24, 2.45) is 7.05 Å². The van der Waals surface area contributed by atoms with Crippen LogP contribution < -0.4 is 0 Å². The van der Waals surface area contributed by atoms with Gasteiger partial charge in [0.2, 0.25) is 0 Å². The number of carbonyl (C=O) groups is 1. The van der Waals surface area contributed by atoms with Crippen molar-refractivity contribution in [2.75, 3.05) is 0 Å². The van der Waals surface area contributed by atoms with Gasteiger partial charge in [-0.3, -0.25) is 9.48 Å². The zero-order valence-electron chi connectivity index (χ0n) is 13.5. The summed E-state index contributed by atoms with van der Waals surface area (Å²) in [6.45, 7) is 0.517. The minimum absolute atomic E-state index is 0.0375. The lowest BCUT2D eigenvalue weighted by atomic mass is 10.0. The molecular formula is C19H19N3O2. The van der Waals surface area contributed by atoms with Gasteiger partial charge in [0, 0.05) is 31.4 Å². The van der Waals surface area contributed by atoms with Gasteiger partial charge in [-0.25, -0.2) is 0 Å². The number of benzene rings is 2. The van der Waals surface area contributed by atoms with Gasteiger partial charge in [-0.1, -0.05) is 24.3 Å². The molecule has 3 aromatic rings. The van der Waals surface area contributed by atoms with Gasteiger partial charge in [-0.15, -0.1) is 0 Å². The van der Waals surface area contributed by atoms with Crippen molar-refractivity contribution >= 4 is 16.7 Å². The Kier molecular flexibility index (Phi) is 3.49. The van der Waals surface area contributed by atoms with Crippen LogP contribution in [0.4, 0.5) is 0 Å². The van der Waals surface area contributed by atoms with Gasteiger partial charge < -0.3 is 10.0 Å². The Morgan fingerprint density at radius 3 is 2.62 bits per heavy atom. The Balaban J connectivity index is 1.68. The number of aryl methyl sites for hydroxylation is 1. The molecule has 2 aromatic carbocycles. The molecule has 0 atom stereocenters. The van der Waals surface area contributed by atoms with Crippen molar-refractivity contribution in [3.8, 4) is 5.75 Å². The van der Waals surface area contributed by atoms with Crippen LogP contribution in [-0.2, 0) is 13.6 Å². The molecule has 1 aliphatic carbocycles. The van der Waals surface area contributed by atoms with Gasteiger partial charge in [-0.2, -0.15) is 5.10 Å². The van der Waals surface area contributed by atoms with Crippen LogP contribution in [0.5, 0.6) is 5.75 Å². The number of fused-ring (bicyclic) bond motifs is 1. The number of hydrogen-bond acceptors (Lipinski definition) is 3. The largest absolute Gasteiger partial charge is 0.507 e. The molecule has 5 heteroatoms. The molecule has 0 unspecified atom stereocenters. The quantitative estimate of drug-likeness (QED) is 0.803. The van der Waals surface area contributed by atoms with E-state index in [0.717, 1.165) is 29.2 Å². The molecular weight excluding hydrogens is 302 g/mol. The number of hydrogen-bond donors (Lipinski definition) is 1. The number of rotatable bonds is 4. The molecule has 0 aliphatic heterocycles. The third-order valence-corrected chi connectivity index (χ3v) is 4.45. The molecule has 1 saturated carbocycles. The zero-order chi connectivity index (χ0) is 16.7. The predicted octanol–water partition coefficient (Wildman–Crippen LogP) is 3.08. The summed E-state index contributed by atoms with van der Waals surface area (Å²) in [5.74, 6) is -0.0832. The molecule has 0 bridgehead atoms. The maximum absolute atomic E-state index is 13.0. The standard InChI is InChI=1S/C19H19N3O2/c1-21-11-13(10-20-21)12-22(16-6-7-16)19(24)17-8-14-4-2-3-5-15(14)9-18(17)23/h2-5,8-11,16,23H,6-7,12H2,1H3. The van der Waals surface area contributed by atoms with Gasteiger partial charge in [0.05, 0.1) is 11.8 Å². The summed E-state index contributed by atoms with van der Waals surface area (Å²) in [5.41, 5.74) is 1.36. The fourth-order valence-corrected chi connectivity index (χ4v) is 3.06. The molecule has 0 saturated heterocycles. The van der Waals surface area contributed by atoms with E-state index in [4.69, 9.17) is 0 Å². The normalized spacial score (nSPS) is 14.0. The second kappa shape index (κ2) is 5.67. The van der Waals surface area contributed by atoms with E-state index < -0.39 is 0 Å². The van der Waals surface area contributed by atoms with Crippen molar-refractivity contribution in [1.29, 1.82) is 0 Å². The Bertz CT molecular complexity index is 912. The third kappa shape index (κ3) is 2.73. The lowest BCUT2D eigenvalue weighted by Crippen LogP contribution is -2.32. The highest BCUT2D eigenvalue weighted by Crippen LogP contribution is 2.33. The average molecular weight is 321 g/mol. The number of aromatic hydroxyl groups is 1. The fraction of sp³-hybridized carbons (Fsp3) is 0.263. The monoisotopic (exact) mass is 321 g/mol. The molecule has 1 amide bonds. The van der Waals surface area contributed by atoms with E-state index in [-0.39, 0.29) is 17.7 Å². The van der Waals surface area contributed by atoms with Crippen LogP contribution >= 0.6 is 0 Å². The van der Waals surface area contributed by atoms with Crippen LogP contribution in [-0.4, -0.2) is 31.7 Å². The molecule has 1 heterocycles. The van der Waals surface area contributed by atoms with Crippen molar-refractivity contribution in [2.45, 2.75) is 25.4 Å². The molecule has 4 rings (SSSR count). The summed E-state index contributed by atoms with van der Waals surface area (Å²) in [5, 5.41) is 16.4. The molecule has 0 radical (unpaired) electrons. The van der Waals surface area contributed by atoms with Crippen molar-refractivity contribution in [3.63, 3.8) is 0 Å². The van der Waals surface area contributed by atoms with Gasteiger partial charge in [0.15, 0.2) is 0 Å². The number of phenolic OH excluding ortho intramolecular Hbond substituents is 1. The highest BCUT2D eigenvalue weighted by Gasteiger charge is 2.34. The number of carbonyl (C=O) groups excluding carboxylic acids is 1. The van der Waals surface area contributed by atoms with E-state index >= 15 is 0 Å². The molecule has 1 N–H and O–H groups in total. The maximum Gasteiger partial charge on any atom is 0.258 e. The zero-order valence-corrected chi connectivity index (χ0v) is 13.5. The Labute approximate surface area is 140 Å². The summed E-state index contributed by atoms with van der Waals surface area (Å²) < 4.78 is 1.73. The number of phenols is 1. The smallest absolute Gasteiger partial charge is 0.258 e. The lowest BCUT2D eigenvalue weighted by Gasteiger charge is -2.22. The highest BCUT2D eigenvalue weighted by molar-refractivity contribution is 6.01. The van der Waals surface area contributed by atoms with E-state index in [9.17, 15) is 9.90 Å². The lowest BCUT2D eigenvalue weighted by molar-refractivity contribution is 0.0727. The van der Waals surface area contributed by atoms with Gasteiger partial charge >= 0.3 is 0 Å². The highest BCUT2D eigenvalue weighted by atomic mass is 16.3. The Morgan fingerprint density at radius 1 is 1.29 bits per heavy atom. The first-order chi connectivity index (χ1) is 11.6. The first-order valence-electron chi connectivity index (χ1n) is 8.12. The van der Waals surface area contributed by atoms with E-state index in [0.29, 0.717) is 12.1 Å². The second-order valence-electron chi connectivity index (χ2n) is 6.40. The minimum Gasteiger partial charge on any atom is -0.507 e. The SMILES string of the molecule is Cn1cc(CN(C(=O)c2cc3ccccc3cc2O)C2CC2)cn1. The summed E-state index contributed by atoms with van der Waals surface area (Å²) in [6, 6.07) is 11.4. The van der Waals surface area contributed by atoms with Crippen LogP contribution in [0.3, 0.4) is 0 Å². The van der Waals surface area contributed by atoms with Gasteiger partial charge in [0.25, 0.3) is 5.91 Å². The summed E-state index contributed by atoms with van der Waals surface area (Å²) in [7, 11) is 1.86. The Hall–Kier alpha value is -2.82. The minimum atomic E-state index is -0.121. The molecule has 5 nitrogen and oxygen atoms in total. The van der Waals surface area contributed by atoms with Crippen LogP contribution in [0.1, 0.15) is 28.8 Å². The average Bonchev–Trinajstić information content (AvgIpc) is 3.33. The molecule has 1 aliphatic rings. The van der Waals surface area contributed by atoms with E-state index in [1.165, 1.54) is 0 Å². The van der Waals surface area contributed by atoms with Crippen molar-refractivity contribution in [3.05, 3.63) is 59.9 Å². The fourth-order valence-electron chi connectivity index (χ4n) is 3.06. The molecule has 0 spiro atoms. The number of aromatic nitrogens is 2. The van der Waals surface area contributed by atoms with Crippen LogP contribution in [0.25, 0.3) is 10.8 Å². The molecule has 122 valence electrons. The molecule has 1 aromatic heterocycles. The summed E-state index contributed by atoms with van der Waals surface area (Å²) >= 11 is 0. The topological polar surface area (TPSA) is 58.4 Å². The molecule has 1 fully saturated rings. The van der Waals surface area contributed by atoms with Gasteiger partial charge in [0.1, 0.15) is 5.75 Å². The maximum atomic E-state index is 13.0. The molecule has 24 heavy (non-hydrogen) atoms. The van der Waals surface area contributed by atoms with E-state index in [1.807, 2.05) is 42.4 Å². The number of nitrogens with zero attached hydrogens (tertiary/aromatic N) is 3. The summed E-state index contributed by atoms with van der Waals surface area (Å²) in [6.07, 6.45) is 5.73. The van der Waals surface area contributed by atoms with E-state index in [2.05, 4.69) is 5.10 Å². The van der Waals surface area contributed by atoms with Crippen molar-refractivity contribution in [1.82, 2.24) is 14.7 Å². The number of amides is 1. The second-order valence-corrected chi connectivity index (χ2v) is 6.40. The predicted molar refractivity (Wildman–Crippen MR) is 91.7 cm³/mol. The van der Waals surface area contributed by atoms with Crippen molar-refractivity contribution < 1.29 is 9.90 Å². The Morgan fingerprint density at radius 2 is 2.00 bits per heavy atom. The van der Waals surface area contributed by atoms with Gasteiger partial charge in [-0.05, 0) is 35.7 Å². The van der Waals surface area contributed by atoms with Crippen LogP contribution in [0, 0.1) is 0 Å².